The predicted octanol–water partition coefficient (Wildman–Crippen LogP) is 3.53. The number of hydrogen-bond donors (Lipinski definition) is 0. The van der Waals surface area contributed by atoms with Crippen molar-refractivity contribution in [1.82, 2.24) is 0 Å². The Morgan fingerprint density at radius 2 is 1.76 bits per heavy atom. The Bertz CT molecular complexity index is 406. The second kappa shape index (κ2) is 5.45. The van der Waals surface area contributed by atoms with Gasteiger partial charge in [0.25, 0.3) is 0 Å². The summed E-state index contributed by atoms with van der Waals surface area (Å²) in [6, 6.07) is 10.6. The van der Waals surface area contributed by atoms with Gasteiger partial charge >= 0.3 is 0 Å². The second-order valence-corrected chi connectivity index (χ2v) is 10.1. The van der Waals surface area contributed by atoms with Crippen LogP contribution >= 0.6 is 0 Å². The number of carbonyl (C=O) groups is 1. The molecule has 1 aromatic carbocycles. The minimum absolute atomic E-state index is 0.259. The third-order valence-corrected chi connectivity index (χ3v) is 7.74. The van der Waals surface area contributed by atoms with E-state index < -0.39 is 8.07 Å². The lowest BCUT2D eigenvalue weighted by Gasteiger charge is -2.33. The molecule has 0 heterocycles. The Morgan fingerprint density at radius 1 is 1.24 bits per heavy atom. The first-order valence-corrected chi connectivity index (χ1v) is 9.13. The van der Waals surface area contributed by atoms with Crippen LogP contribution in [0.15, 0.2) is 42.5 Å². The monoisotopic (exact) mass is 246 g/mol. The molecule has 0 aliphatic rings. The van der Waals surface area contributed by atoms with Crippen LogP contribution in [0, 0.1) is 0 Å². The largest absolute Gasteiger partial charge is 0.300 e. The molecule has 0 amide bonds. The molecule has 0 unspecified atom stereocenters. The topological polar surface area (TPSA) is 17.1 Å². The molecule has 0 bridgehead atoms. The molecule has 1 aromatic rings. The van der Waals surface area contributed by atoms with E-state index in [1.54, 1.807) is 6.92 Å². The molecular formula is C15H22OSi. The summed E-state index contributed by atoms with van der Waals surface area (Å²) in [4.78, 5) is 11.4. The van der Waals surface area contributed by atoms with Crippen LogP contribution in [-0.2, 0) is 4.79 Å². The SMILES string of the molecule is C=C(C)[C@@H](CC(C)=O)[Si](C)(C)c1ccccc1. The molecule has 0 aromatic heterocycles. The third-order valence-electron chi connectivity index (χ3n) is 3.48. The van der Waals surface area contributed by atoms with Crippen LogP contribution < -0.4 is 5.19 Å². The van der Waals surface area contributed by atoms with Gasteiger partial charge in [0.05, 0.1) is 8.07 Å². The predicted molar refractivity (Wildman–Crippen MR) is 77.4 cm³/mol. The summed E-state index contributed by atoms with van der Waals surface area (Å²) in [5.41, 5.74) is 1.48. The van der Waals surface area contributed by atoms with Gasteiger partial charge in [-0.2, -0.15) is 0 Å². The standard InChI is InChI=1S/C15H22OSi/c1-12(2)15(11-13(3)16)17(4,5)14-9-7-6-8-10-14/h6-10,15H,1,11H2,2-5H3/t15-/m1/s1. The smallest absolute Gasteiger partial charge is 0.130 e. The summed E-state index contributed by atoms with van der Waals surface area (Å²) in [5.74, 6) is 0.259. The van der Waals surface area contributed by atoms with Gasteiger partial charge in [-0.05, 0) is 19.4 Å². The maximum Gasteiger partial charge on any atom is 0.130 e. The molecule has 0 aliphatic heterocycles. The summed E-state index contributed by atoms with van der Waals surface area (Å²) in [5, 5.41) is 1.40. The normalized spacial score (nSPS) is 13.2. The zero-order valence-electron chi connectivity index (χ0n) is 11.3. The molecule has 1 rings (SSSR count). The van der Waals surface area contributed by atoms with Crippen molar-refractivity contribution >= 4 is 19.0 Å². The summed E-state index contributed by atoms with van der Waals surface area (Å²) in [7, 11) is -1.66. The van der Waals surface area contributed by atoms with E-state index in [-0.39, 0.29) is 5.78 Å². The highest BCUT2D eigenvalue weighted by Crippen LogP contribution is 2.32. The number of carbonyl (C=O) groups excluding carboxylic acids is 1. The van der Waals surface area contributed by atoms with E-state index in [2.05, 4.69) is 43.9 Å². The highest BCUT2D eigenvalue weighted by molar-refractivity contribution is 6.91. The molecule has 0 saturated carbocycles. The quantitative estimate of drug-likeness (QED) is 0.574. The average molecular weight is 246 g/mol. The number of rotatable bonds is 5. The number of hydrogen-bond acceptors (Lipinski definition) is 1. The first kappa shape index (κ1) is 13.9. The van der Waals surface area contributed by atoms with Crippen molar-refractivity contribution in [2.24, 2.45) is 0 Å². The van der Waals surface area contributed by atoms with Crippen molar-refractivity contribution in [2.75, 3.05) is 0 Å². The fraction of sp³-hybridized carbons (Fsp3) is 0.400. The molecule has 1 atom stereocenters. The Balaban J connectivity index is 3.08. The molecule has 0 radical (unpaired) electrons. The molecule has 2 heteroatoms. The summed E-state index contributed by atoms with van der Waals surface area (Å²) in [6.07, 6.45) is 0.628. The van der Waals surface area contributed by atoms with Gasteiger partial charge in [-0.1, -0.05) is 54.2 Å². The molecular weight excluding hydrogens is 224 g/mol. The Hall–Kier alpha value is -1.15. The van der Waals surface area contributed by atoms with Crippen molar-refractivity contribution in [3.05, 3.63) is 42.5 Å². The number of benzene rings is 1. The van der Waals surface area contributed by atoms with Gasteiger partial charge in [0, 0.05) is 6.42 Å². The third kappa shape index (κ3) is 3.40. The molecule has 92 valence electrons. The van der Waals surface area contributed by atoms with E-state index in [1.165, 1.54) is 5.19 Å². The van der Waals surface area contributed by atoms with Gasteiger partial charge < -0.3 is 4.79 Å². The van der Waals surface area contributed by atoms with Gasteiger partial charge in [-0.15, -0.1) is 6.58 Å². The maximum atomic E-state index is 11.4. The lowest BCUT2D eigenvalue weighted by molar-refractivity contribution is -0.116. The number of allylic oxidation sites excluding steroid dienone is 1. The van der Waals surface area contributed by atoms with Crippen molar-refractivity contribution in [1.29, 1.82) is 0 Å². The molecule has 0 fully saturated rings. The summed E-state index contributed by atoms with van der Waals surface area (Å²) >= 11 is 0. The zero-order chi connectivity index (χ0) is 13.1. The van der Waals surface area contributed by atoms with Gasteiger partial charge in [0.15, 0.2) is 0 Å². The van der Waals surface area contributed by atoms with Crippen LogP contribution in [0.25, 0.3) is 0 Å². The molecule has 1 nitrogen and oxygen atoms in total. The Labute approximate surface area is 106 Å². The number of Topliss-reactive ketones (excluding diaryl/α,β-unsaturated/α-hetero) is 1. The summed E-state index contributed by atoms with van der Waals surface area (Å²) in [6.45, 7) is 12.4. The second-order valence-electron chi connectivity index (χ2n) is 5.39. The molecule has 0 spiro atoms. The number of ketones is 1. The van der Waals surface area contributed by atoms with Crippen LogP contribution in [0.1, 0.15) is 20.3 Å². The van der Waals surface area contributed by atoms with Crippen LogP contribution in [0.3, 0.4) is 0 Å². The molecule has 0 saturated heterocycles. The van der Waals surface area contributed by atoms with Gasteiger partial charge in [-0.25, -0.2) is 0 Å². The van der Waals surface area contributed by atoms with Crippen molar-refractivity contribution in [3.63, 3.8) is 0 Å². The van der Waals surface area contributed by atoms with E-state index in [9.17, 15) is 4.79 Å². The summed E-state index contributed by atoms with van der Waals surface area (Å²) < 4.78 is 0. The fourth-order valence-corrected chi connectivity index (χ4v) is 5.89. The fourth-order valence-electron chi connectivity index (χ4n) is 2.40. The van der Waals surface area contributed by atoms with Crippen LogP contribution in [-0.4, -0.2) is 13.9 Å². The van der Waals surface area contributed by atoms with E-state index in [0.29, 0.717) is 12.0 Å². The van der Waals surface area contributed by atoms with Crippen molar-refractivity contribution < 1.29 is 4.79 Å². The minimum Gasteiger partial charge on any atom is -0.300 e. The molecule has 17 heavy (non-hydrogen) atoms. The van der Waals surface area contributed by atoms with E-state index in [0.717, 1.165) is 5.57 Å². The van der Waals surface area contributed by atoms with E-state index in [4.69, 9.17) is 0 Å². The first-order valence-electron chi connectivity index (χ1n) is 6.06. The maximum absolute atomic E-state index is 11.4. The highest BCUT2D eigenvalue weighted by Gasteiger charge is 2.34. The Morgan fingerprint density at radius 3 is 2.18 bits per heavy atom. The Kier molecular flexibility index (Phi) is 4.46. The molecule has 0 N–H and O–H groups in total. The van der Waals surface area contributed by atoms with Gasteiger partial charge in [0.1, 0.15) is 5.78 Å². The zero-order valence-corrected chi connectivity index (χ0v) is 12.3. The van der Waals surface area contributed by atoms with Crippen LogP contribution in [0.2, 0.25) is 18.6 Å². The van der Waals surface area contributed by atoms with E-state index >= 15 is 0 Å². The lowest BCUT2D eigenvalue weighted by atomic mass is 10.1. The van der Waals surface area contributed by atoms with Crippen molar-refractivity contribution in [3.8, 4) is 0 Å². The van der Waals surface area contributed by atoms with Crippen molar-refractivity contribution in [2.45, 2.75) is 38.9 Å². The molecule has 0 aliphatic carbocycles. The first-order chi connectivity index (χ1) is 7.85. The van der Waals surface area contributed by atoms with Crippen LogP contribution in [0.5, 0.6) is 0 Å². The van der Waals surface area contributed by atoms with E-state index in [1.807, 2.05) is 13.0 Å². The van der Waals surface area contributed by atoms with Gasteiger partial charge in [-0.3, -0.25) is 0 Å². The lowest BCUT2D eigenvalue weighted by Crippen LogP contribution is -2.46. The highest BCUT2D eigenvalue weighted by atomic mass is 28.3. The van der Waals surface area contributed by atoms with Gasteiger partial charge in [0.2, 0.25) is 0 Å². The van der Waals surface area contributed by atoms with Crippen LogP contribution in [0.4, 0.5) is 0 Å². The minimum atomic E-state index is -1.66. The average Bonchev–Trinajstić information content (AvgIpc) is 2.26.